The van der Waals surface area contributed by atoms with Crippen LogP contribution in [-0.2, 0) is 6.42 Å². The number of pyridine rings is 1. The number of nitrogens with zero attached hydrogens (tertiary/aromatic N) is 2. The molecule has 3 N–H and O–H groups in total. The van der Waals surface area contributed by atoms with Crippen molar-refractivity contribution in [2.75, 3.05) is 17.6 Å². The summed E-state index contributed by atoms with van der Waals surface area (Å²) >= 11 is 1.73. The molecule has 0 aliphatic heterocycles. The third-order valence-corrected chi connectivity index (χ3v) is 3.21. The maximum absolute atomic E-state index is 8.94. The van der Waals surface area contributed by atoms with E-state index in [2.05, 4.69) is 27.8 Å². The van der Waals surface area contributed by atoms with Gasteiger partial charge in [-0.2, -0.15) is 5.26 Å². The molecule has 0 atom stereocenters. The van der Waals surface area contributed by atoms with Crippen molar-refractivity contribution in [3.05, 3.63) is 40.2 Å². The summed E-state index contributed by atoms with van der Waals surface area (Å²) in [6, 6.07) is 7.82. The lowest BCUT2D eigenvalue weighted by Gasteiger charge is -2.06. The monoisotopic (exact) mass is 244 g/mol. The van der Waals surface area contributed by atoms with Crippen LogP contribution < -0.4 is 11.1 Å². The van der Waals surface area contributed by atoms with Gasteiger partial charge in [-0.25, -0.2) is 4.98 Å². The second kappa shape index (κ2) is 5.32. The van der Waals surface area contributed by atoms with Crippen molar-refractivity contribution in [1.82, 2.24) is 4.98 Å². The summed E-state index contributed by atoms with van der Waals surface area (Å²) in [5.41, 5.74) is 6.56. The van der Waals surface area contributed by atoms with Crippen LogP contribution in [-0.4, -0.2) is 11.5 Å². The first-order chi connectivity index (χ1) is 8.29. The van der Waals surface area contributed by atoms with E-state index in [9.17, 15) is 0 Å². The highest BCUT2D eigenvalue weighted by Gasteiger charge is 2.03. The Morgan fingerprint density at radius 3 is 3.12 bits per heavy atom. The highest BCUT2D eigenvalue weighted by Crippen LogP contribution is 2.15. The van der Waals surface area contributed by atoms with Gasteiger partial charge in [-0.3, -0.25) is 0 Å². The standard InChI is InChI=1S/C12H12N4S/c13-7-9-6-10(14)8-16-12(9)15-4-3-11-2-1-5-17-11/h1-2,5-6,8H,3-4,14H2,(H,15,16). The fraction of sp³-hybridized carbons (Fsp3) is 0.167. The lowest BCUT2D eigenvalue weighted by atomic mass is 10.2. The lowest BCUT2D eigenvalue weighted by Crippen LogP contribution is -2.07. The zero-order chi connectivity index (χ0) is 12.1. The van der Waals surface area contributed by atoms with Crippen molar-refractivity contribution < 1.29 is 0 Å². The quantitative estimate of drug-likeness (QED) is 0.865. The molecule has 2 aromatic heterocycles. The predicted octanol–water partition coefficient (Wildman–Crippen LogP) is 2.25. The van der Waals surface area contributed by atoms with Crippen LogP contribution in [0.4, 0.5) is 11.5 Å². The van der Waals surface area contributed by atoms with Gasteiger partial charge in [0, 0.05) is 11.4 Å². The fourth-order valence-electron chi connectivity index (χ4n) is 1.47. The topological polar surface area (TPSA) is 74.7 Å². The maximum atomic E-state index is 8.94. The molecule has 2 aromatic rings. The van der Waals surface area contributed by atoms with Gasteiger partial charge in [-0.15, -0.1) is 11.3 Å². The number of rotatable bonds is 4. The minimum atomic E-state index is 0.483. The second-order valence-corrected chi connectivity index (χ2v) is 4.57. The highest BCUT2D eigenvalue weighted by molar-refractivity contribution is 7.09. The summed E-state index contributed by atoms with van der Waals surface area (Å²) < 4.78 is 0. The van der Waals surface area contributed by atoms with Gasteiger partial charge in [0.05, 0.1) is 17.4 Å². The molecular weight excluding hydrogens is 232 g/mol. The van der Waals surface area contributed by atoms with Gasteiger partial charge in [0.25, 0.3) is 0 Å². The molecule has 0 aromatic carbocycles. The molecule has 0 radical (unpaired) electrons. The van der Waals surface area contributed by atoms with Gasteiger partial charge in [0.2, 0.25) is 0 Å². The molecule has 2 heterocycles. The van der Waals surface area contributed by atoms with Crippen LogP contribution >= 0.6 is 11.3 Å². The minimum Gasteiger partial charge on any atom is -0.397 e. The van der Waals surface area contributed by atoms with Gasteiger partial charge in [-0.05, 0) is 23.9 Å². The molecule has 0 saturated carbocycles. The van der Waals surface area contributed by atoms with Crippen molar-refractivity contribution in [1.29, 1.82) is 5.26 Å². The normalized spacial score (nSPS) is 9.82. The Kier molecular flexibility index (Phi) is 3.58. The number of anilines is 2. The SMILES string of the molecule is N#Cc1cc(N)cnc1NCCc1cccs1. The van der Waals surface area contributed by atoms with E-state index in [4.69, 9.17) is 11.0 Å². The van der Waals surface area contributed by atoms with E-state index in [0.29, 0.717) is 17.1 Å². The number of nitriles is 1. The van der Waals surface area contributed by atoms with E-state index in [0.717, 1.165) is 13.0 Å². The molecule has 0 spiro atoms. The molecule has 0 aliphatic carbocycles. The van der Waals surface area contributed by atoms with Crippen LogP contribution in [0.5, 0.6) is 0 Å². The summed E-state index contributed by atoms with van der Waals surface area (Å²) in [4.78, 5) is 5.42. The average molecular weight is 244 g/mol. The number of nitrogens with one attached hydrogen (secondary N) is 1. The highest BCUT2D eigenvalue weighted by atomic mass is 32.1. The Bertz CT molecular complexity index is 528. The maximum Gasteiger partial charge on any atom is 0.144 e. The lowest BCUT2D eigenvalue weighted by molar-refractivity contribution is 1.03. The zero-order valence-electron chi connectivity index (χ0n) is 9.18. The van der Waals surface area contributed by atoms with Crippen molar-refractivity contribution in [2.45, 2.75) is 6.42 Å². The minimum absolute atomic E-state index is 0.483. The van der Waals surface area contributed by atoms with E-state index in [1.165, 1.54) is 4.88 Å². The number of nitrogen functional groups attached to an aromatic ring is 1. The average Bonchev–Trinajstić information content (AvgIpc) is 2.84. The molecule has 17 heavy (non-hydrogen) atoms. The Labute approximate surface area is 104 Å². The molecular formula is C12H12N4S. The van der Waals surface area contributed by atoms with E-state index >= 15 is 0 Å². The van der Waals surface area contributed by atoms with E-state index in [1.54, 1.807) is 23.6 Å². The first kappa shape index (κ1) is 11.4. The number of aromatic nitrogens is 1. The van der Waals surface area contributed by atoms with Crippen LogP contribution in [0, 0.1) is 11.3 Å². The van der Waals surface area contributed by atoms with Crippen LogP contribution in [0.1, 0.15) is 10.4 Å². The molecule has 0 bridgehead atoms. The van der Waals surface area contributed by atoms with Crippen LogP contribution in [0.2, 0.25) is 0 Å². The van der Waals surface area contributed by atoms with Gasteiger partial charge >= 0.3 is 0 Å². The molecule has 86 valence electrons. The van der Waals surface area contributed by atoms with Crippen LogP contribution in [0.3, 0.4) is 0 Å². The largest absolute Gasteiger partial charge is 0.397 e. The first-order valence-corrected chi connectivity index (χ1v) is 6.09. The van der Waals surface area contributed by atoms with Crippen LogP contribution in [0.25, 0.3) is 0 Å². The van der Waals surface area contributed by atoms with Gasteiger partial charge in [0.15, 0.2) is 0 Å². The molecule has 0 amide bonds. The van der Waals surface area contributed by atoms with Crippen molar-refractivity contribution in [2.24, 2.45) is 0 Å². The van der Waals surface area contributed by atoms with E-state index < -0.39 is 0 Å². The molecule has 0 aliphatic rings. The molecule has 5 heteroatoms. The molecule has 2 rings (SSSR count). The number of hydrogen-bond acceptors (Lipinski definition) is 5. The Balaban J connectivity index is 1.97. The molecule has 4 nitrogen and oxygen atoms in total. The van der Waals surface area contributed by atoms with Gasteiger partial charge < -0.3 is 11.1 Å². The van der Waals surface area contributed by atoms with Crippen molar-refractivity contribution >= 4 is 22.8 Å². The number of thiophene rings is 1. The van der Waals surface area contributed by atoms with E-state index in [-0.39, 0.29) is 0 Å². The summed E-state index contributed by atoms with van der Waals surface area (Å²) in [6.07, 6.45) is 2.48. The molecule has 0 unspecified atom stereocenters. The summed E-state index contributed by atoms with van der Waals surface area (Å²) in [5.74, 6) is 0.596. The summed E-state index contributed by atoms with van der Waals surface area (Å²) in [7, 11) is 0. The molecule has 0 fully saturated rings. The Morgan fingerprint density at radius 2 is 2.41 bits per heavy atom. The first-order valence-electron chi connectivity index (χ1n) is 5.21. The Hall–Kier alpha value is -2.06. The number of nitrogens with two attached hydrogens (primary N) is 1. The van der Waals surface area contributed by atoms with E-state index in [1.807, 2.05) is 6.07 Å². The van der Waals surface area contributed by atoms with Crippen LogP contribution in [0.15, 0.2) is 29.8 Å². The van der Waals surface area contributed by atoms with Crippen molar-refractivity contribution in [3.63, 3.8) is 0 Å². The third kappa shape index (κ3) is 2.95. The van der Waals surface area contributed by atoms with Gasteiger partial charge in [0.1, 0.15) is 11.9 Å². The second-order valence-electron chi connectivity index (χ2n) is 3.53. The summed E-state index contributed by atoms with van der Waals surface area (Å²) in [5, 5.41) is 14.1. The van der Waals surface area contributed by atoms with Gasteiger partial charge in [-0.1, -0.05) is 6.07 Å². The fourth-order valence-corrected chi connectivity index (χ4v) is 2.17. The summed E-state index contributed by atoms with van der Waals surface area (Å²) in [6.45, 7) is 0.756. The predicted molar refractivity (Wildman–Crippen MR) is 69.9 cm³/mol. The third-order valence-electron chi connectivity index (χ3n) is 2.27. The Morgan fingerprint density at radius 1 is 1.53 bits per heavy atom. The molecule has 0 saturated heterocycles. The smallest absolute Gasteiger partial charge is 0.144 e. The van der Waals surface area contributed by atoms with Crippen molar-refractivity contribution in [3.8, 4) is 6.07 Å². The number of hydrogen-bond donors (Lipinski definition) is 2. The zero-order valence-corrected chi connectivity index (χ0v) is 10.00.